The van der Waals surface area contributed by atoms with Gasteiger partial charge in [-0.2, -0.15) is 0 Å². The second-order valence-corrected chi connectivity index (χ2v) is 10.3. The standard InChI is InChI=1S/C22H36N4O2S/c1-22(2,3)21-24-18(16-29-21)15-25-11-13-26(14-12-25)19(27)9-10-23-20(28)17-7-5-4-6-8-17/h16-17H,4-15H2,1-3H3,(H,23,28). The fourth-order valence-electron chi connectivity index (χ4n) is 4.07. The zero-order valence-corrected chi connectivity index (χ0v) is 19.0. The van der Waals surface area contributed by atoms with Crippen molar-refractivity contribution < 1.29 is 9.59 Å². The number of nitrogens with zero attached hydrogens (tertiary/aromatic N) is 3. The molecule has 2 aliphatic rings. The van der Waals surface area contributed by atoms with Crippen molar-refractivity contribution in [3.05, 3.63) is 16.1 Å². The number of thiazole rings is 1. The van der Waals surface area contributed by atoms with E-state index in [0.29, 0.717) is 13.0 Å². The van der Waals surface area contributed by atoms with Gasteiger partial charge in [0.25, 0.3) is 0 Å². The molecular weight excluding hydrogens is 384 g/mol. The maximum atomic E-state index is 12.5. The Kier molecular flexibility index (Phi) is 7.68. The van der Waals surface area contributed by atoms with Crippen molar-refractivity contribution in [1.82, 2.24) is 20.1 Å². The number of aromatic nitrogens is 1. The summed E-state index contributed by atoms with van der Waals surface area (Å²) in [5.41, 5.74) is 1.23. The van der Waals surface area contributed by atoms with Gasteiger partial charge in [-0.05, 0) is 12.8 Å². The smallest absolute Gasteiger partial charge is 0.224 e. The molecular formula is C22H36N4O2S. The highest BCUT2D eigenvalue weighted by Crippen LogP contribution is 2.26. The van der Waals surface area contributed by atoms with Gasteiger partial charge in [-0.25, -0.2) is 4.98 Å². The second-order valence-electron chi connectivity index (χ2n) is 9.43. The molecule has 1 aliphatic heterocycles. The van der Waals surface area contributed by atoms with Crippen molar-refractivity contribution >= 4 is 23.2 Å². The van der Waals surface area contributed by atoms with Crippen LogP contribution in [0.2, 0.25) is 0 Å². The minimum atomic E-state index is 0.0977. The molecule has 0 unspecified atom stereocenters. The first-order chi connectivity index (χ1) is 13.8. The number of hydrogen-bond donors (Lipinski definition) is 1. The van der Waals surface area contributed by atoms with Gasteiger partial charge in [0.1, 0.15) is 0 Å². The highest BCUT2D eigenvalue weighted by atomic mass is 32.1. The van der Waals surface area contributed by atoms with E-state index in [-0.39, 0.29) is 23.1 Å². The van der Waals surface area contributed by atoms with Crippen LogP contribution in [0.1, 0.15) is 70.0 Å². The van der Waals surface area contributed by atoms with Gasteiger partial charge in [-0.3, -0.25) is 14.5 Å². The molecule has 0 atom stereocenters. The Morgan fingerprint density at radius 3 is 2.45 bits per heavy atom. The lowest BCUT2D eigenvalue weighted by atomic mass is 9.89. The van der Waals surface area contributed by atoms with Gasteiger partial charge in [0.2, 0.25) is 11.8 Å². The van der Waals surface area contributed by atoms with Crippen molar-refractivity contribution in [2.45, 2.75) is 71.3 Å². The lowest BCUT2D eigenvalue weighted by Crippen LogP contribution is -2.49. The van der Waals surface area contributed by atoms with E-state index in [4.69, 9.17) is 4.98 Å². The van der Waals surface area contributed by atoms with Crippen molar-refractivity contribution in [3.63, 3.8) is 0 Å². The molecule has 1 aliphatic carbocycles. The normalized spacial score (nSPS) is 19.3. The number of amides is 2. The Morgan fingerprint density at radius 2 is 1.83 bits per heavy atom. The summed E-state index contributed by atoms with van der Waals surface area (Å²) in [6.07, 6.45) is 5.95. The summed E-state index contributed by atoms with van der Waals surface area (Å²) in [6, 6.07) is 0. The van der Waals surface area contributed by atoms with E-state index in [9.17, 15) is 9.59 Å². The molecule has 0 bridgehead atoms. The molecule has 162 valence electrons. The van der Waals surface area contributed by atoms with Crippen molar-refractivity contribution in [2.24, 2.45) is 5.92 Å². The van der Waals surface area contributed by atoms with Crippen LogP contribution in [0.15, 0.2) is 5.38 Å². The van der Waals surface area contributed by atoms with Crippen molar-refractivity contribution in [2.75, 3.05) is 32.7 Å². The van der Waals surface area contributed by atoms with Gasteiger partial charge in [0, 0.05) is 62.4 Å². The zero-order chi connectivity index (χ0) is 20.9. The van der Waals surface area contributed by atoms with Crippen LogP contribution in [0.4, 0.5) is 0 Å². The fourth-order valence-corrected chi connectivity index (χ4v) is 4.97. The molecule has 2 heterocycles. The summed E-state index contributed by atoms with van der Waals surface area (Å²) in [7, 11) is 0. The molecule has 2 amide bonds. The number of hydrogen-bond acceptors (Lipinski definition) is 5. The Hall–Kier alpha value is -1.47. The van der Waals surface area contributed by atoms with Crippen LogP contribution in [0.5, 0.6) is 0 Å². The van der Waals surface area contributed by atoms with Gasteiger partial charge in [0.15, 0.2) is 0 Å². The minimum absolute atomic E-state index is 0.0977. The predicted molar refractivity (Wildman–Crippen MR) is 117 cm³/mol. The third kappa shape index (κ3) is 6.51. The lowest BCUT2D eigenvalue weighted by molar-refractivity contribution is -0.133. The van der Waals surface area contributed by atoms with Gasteiger partial charge >= 0.3 is 0 Å². The second kappa shape index (κ2) is 10.0. The summed E-state index contributed by atoms with van der Waals surface area (Å²) in [4.78, 5) is 33.8. The first-order valence-corrected chi connectivity index (χ1v) is 11.9. The van der Waals surface area contributed by atoms with Gasteiger partial charge in [0.05, 0.1) is 10.7 Å². The van der Waals surface area contributed by atoms with Gasteiger partial charge in [-0.1, -0.05) is 40.0 Å². The molecule has 0 spiro atoms. The average molecular weight is 421 g/mol. The minimum Gasteiger partial charge on any atom is -0.355 e. The Bertz CT molecular complexity index is 683. The van der Waals surface area contributed by atoms with Crippen molar-refractivity contribution in [1.29, 1.82) is 0 Å². The van der Waals surface area contributed by atoms with E-state index in [1.165, 1.54) is 11.4 Å². The lowest BCUT2D eigenvalue weighted by Gasteiger charge is -2.34. The highest BCUT2D eigenvalue weighted by molar-refractivity contribution is 7.09. The first-order valence-electron chi connectivity index (χ1n) is 11.1. The molecule has 0 aromatic carbocycles. The van der Waals surface area contributed by atoms with E-state index in [1.807, 2.05) is 4.90 Å². The summed E-state index contributed by atoms with van der Waals surface area (Å²) >= 11 is 1.74. The Balaban J connectivity index is 1.35. The van der Waals surface area contributed by atoms with Crippen molar-refractivity contribution in [3.8, 4) is 0 Å². The number of nitrogens with one attached hydrogen (secondary N) is 1. The molecule has 6 nitrogen and oxygen atoms in total. The number of rotatable bonds is 6. The molecule has 0 radical (unpaired) electrons. The van der Waals surface area contributed by atoms with Crippen LogP contribution in [-0.2, 0) is 21.5 Å². The number of carbonyl (C=O) groups is 2. The predicted octanol–water partition coefficient (Wildman–Crippen LogP) is 3.17. The van der Waals surface area contributed by atoms with Crippen LogP contribution < -0.4 is 5.32 Å². The molecule has 7 heteroatoms. The van der Waals surface area contributed by atoms with Crippen LogP contribution in [0.25, 0.3) is 0 Å². The largest absolute Gasteiger partial charge is 0.355 e. The Labute approximate surface area is 179 Å². The summed E-state index contributed by atoms with van der Waals surface area (Å²) in [6.45, 7) is 11.2. The first kappa shape index (κ1) is 22.2. The maximum absolute atomic E-state index is 12.5. The van der Waals surface area contributed by atoms with Gasteiger partial charge < -0.3 is 10.2 Å². The van der Waals surface area contributed by atoms with E-state index in [1.54, 1.807) is 11.3 Å². The fraction of sp³-hybridized carbons (Fsp3) is 0.773. The molecule has 3 rings (SSSR count). The molecule has 1 N–H and O–H groups in total. The molecule has 1 aromatic rings. The quantitative estimate of drug-likeness (QED) is 0.768. The van der Waals surface area contributed by atoms with Crippen LogP contribution in [0, 0.1) is 5.92 Å². The third-order valence-electron chi connectivity index (χ3n) is 5.92. The topological polar surface area (TPSA) is 65.5 Å². The molecule has 29 heavy (non-hydrogen) atoms. The molecule has 2 fully saturated rings. The van der Waals surface area contributed by atoms with Gasteiger partial charge in [-0.15, -0.1) is 11.3 Å². The number of carbonyl (C=O) groups excluding carboxylic acids is 2. The van der Waals surface area contributed by atoms with E-state index in [0.717, 1.165) is 64.1 Å². The maximum Gasteiger partial charge on any atom is 0.224 e. The number of piperazine rings is 1. The molecule has 1 aromatic heterocycles. The SMILES string of the molecule is CC(C)(C)c1nc(CN2CCN(C(=O)CCNC(=O)C3CCCCC3)CC2)cs1. The highest BCUT2D eigenvalue weighted by Gasteiger charge is 2.24. The molecule has 1 saturated heterocycles. The zero-order valence-electron chi connectivity index (χ0n) is 18.2. The van der Waals surface area contributed by atoms with Crippen LogP contribution >= 0.6 is 11.3 Å². The van der Waals surface area contributed by atoms with E-state index < -0.39 is 0 Å². The summed E-state index contributed by atoms with van der Waals surface area (Å²) in [5.74, 6) is 0.449. The average Bonchev–Trinajstić information content (AvgIpc) is 3.18. The van der Waals surface area contributed by atoms with E-state index >= 15 is 0 Å². The van der Waals surface area contributed by atoms with Crippen LogP contribution in [0.3, 0.4) is 0 Å². The summed E-state index contributed by atoms with van der Waals surface area (Å²) < 4.78 is 0. The monoisotopic (exact) mass is 420 g/mol. The third-order valence-corrected chi connectivity index (χ3v) is 7.23. The van der Waals surface area contributed by atoms with E-state index in [2.05, 4.69) is 36.4 Å². The Morgan fingerprint density at radius 1 is 1.14 bits per heavy atom. The molecule has 1 saturated carbocycles. The van der Waals surface area contributed by atoms with Crippen LogP contribution in [-0.4, -0.2) is 59.3 Å². The summed E-state index contributed by atoms with van der Waals surface area (Å²) in [5, 5.41) is 6.31.